The molecule has 1 fully saturated rings. The van der Waals surface area contributed by atoms with Crippen LogP contribution in [0.15, 0.2) is 30.6 Å². The van der Waals surface area contributed by atoms with Crippen molar-refractivity contribution >= 4 is 34.1 Å². The molecule has 132 valence electrons. The summed E-state index contributed by atoms with van der Waals surface area (Å²) in [6.07, 6.45) is 2.41. The summed E-state index contributed by atoms with van der Waals surface area (Å²) in [5.74, 6) is 0.176. The molecule has 1 amide bonds. The van der Waals surface area contributed by atoms with Crippen molar-refractivity contribution in [2.75, 3.05) is 16.8 Å². The van der Waals surface area contributed by atoms with Crippen LogP contribution in [0.25, 0.3) is 22.0 Å². The second-order valence-corrected chi connectivity index (χ2v) is 6.45. The molecule has 1 aliphatic rings. The van der Waals surface area contributed by atoms with Crippen molar-refractivity contribution in [2.45, 2.75) is 19.5 Å². The summed E-state index contributed by atoms with van der Waals surface area (Å²) in [7, 11) is 0. The Balaban J connectivity index is 1.73. The number of alkyl halides is 1. The first-order valence-electron chi connectivity index (χ1n) is 8.16. The van der Waals surface area contributed by atoms with E-state index in [1.54, 1.807) is 24.5 Å². The molecular formula is C18H17FN6O. The minimum atomic E-state index is -1.05. The van der Waals surface area contributed by atoms with Crippen LogP contribution in [0.3, 0.4) is 0 Å². The monoisotopic (exact) mass is 352 g/mol. The normalized spacial score (nSPS) is 18.7. The first kappa shape index (κ1) is 16.2. The van der Waals surface area contributed by atoms with Gasteiger partial charge in [-0.3, -0.25) is 4.79 Å². The zero-order chi connectivity index (χ0) is 18.4. The number of aryl methyl sites for hydroxylation is 1. The first-order valence-corrected chi connectivity index (χ1v) is 8.16. The molecule has 1 saturated carbocycles. The molecule has 0 radical (unpaired) electrons. The number of carbonyl (C=O) groups is 1. The van der Waals surface area contributed by atoms with E-state index in [9.17, 15) is 9.18 Å². The molecule has 7 nitrogen and oxygen atoms in total. The predicted molar refractivity (Wildman–Crippen MR) is 98.0 cm³/mol. The molecular weight excluding hydrogens is 335 g/mol. The predicted octanol–water partition coefficient (Wildman–Crippen LogP) is 2.46. The van der Waals surface area contributed by atoms with Crippen LogP contribution in [0, 0.1) is 12.8 Å². The second-order valence-electron chi connectivity index (χ2n) is 6.45. The third-order valence-corrected chi connectivity index (χ3v) is 4.45. The summed E-state index contributed by atoms with van der Waals surface area (Å²) in [6.45, 7) is 1.91. The minimum Gasteiger partial charge on any atom is -0.384 e. The number of amides is 1. The lowest BCUT2D eigenvalue weighted by molar-refractivity contribution is -0.117. The largest absolute Gasteiger partial charge is 0.384 e. The molecule has 26 heavy (non-hydrogen) atoms. The van der Waals surface area contributed by atoms with Gasteiger partial charge in [0.25, 0.3) is 0 Å². The van der Waals surface area contributed by atoms with Gasteiger partial charge in [0.1, 0.15) is 23.6 Å². The van der Waals surface area contributed by atoms with Gasteiger partial charge >= 0.3 is 0 Å². The molecule has 4 rings (SSSR count). The highest BCUT2D eigenvalue weighted by Crippen LogP contribution is 2.35. The van der Waals surface area contributed by atoms with Crippen molar-refractivity contribution in [2.24, 2.45) is 5.92 Å². The van der Waals surface area contributed by atoms with E-state index in [0.29, 0.717) is 28.5 Å². The van der Waals surface area contributed by atoms with Gasteiger partial charge in [-0.1, -0.05) is 0 Å². The SMILES string of the molecule is Cc1cc(N)ncc1-c1cc2cc(NC(=O)C3CC3F)ncc2c(N)n1. The number of fused-ring (bicyclic) bond motifs is 1. The molecule has 5 N–H and O–H groups in total. The zero-order valence-corrected chi connectivity index (χ0v) is 14.0. The lowest BCUT2D eigenvalue weighted by atomic mass is 10.1. The lowest BCUT2D eigenvalue weighted by Crippen LogP contribution is -2.15. The molecule has 2 unspecified atom stereocenters. The number of hydrogen-bond donors (Lipinski definition) is 3. The number of nitrogens with one attached hydrogen (secondary N) is 1. The van der Waals surface area contributed by atoms with Crippen LogP contribution in [0.1, 0.15) is 12.0 Å². The Morgan fingerprint density at radius 3 is 2.69 bits per heavy atom. The third-order valence-electron chi connectivity index (χ3n) is 4.45. The average molecular weight is 352 g/mol. The lowest BCUT2D eigenvalue weighted by Gasteiger charge is -2.10. The van der Waals surface area contributed by atoms with Crippen LogP contribution in [-0.4, -0.2) is 27.0 Å². The maximum absolute atomic E-state index is 13.0. The number of aromatic nitrogens is 3. The molecule has 0 bridgehead atoms. The molecule has 0 saturated heterocycles. The molecule has 0 spiro atoms. The van der Waals surface area contributed by atoms with Gasteiger partial charge < -0.3 is 16.8 Å². The highest BCUT2D eigenvalue weighted by molar-refractivity contribution is 5.98. The van der Waals surface area contributed by atoms with E-state index in [1.807, 2.05) is 13.0 Å². The summed E-state index contributed by atoms with van der Waals surface area (Å²) in [6, 6.07) is 5.31. The number of rotatable bonds is 3. The molecule has 8 heteroatoms. The molecule has 2 atom stereocenters. The number of carbonyl (C=O) groups excluding carboxylic acids is 1. The van der Waals surface area contributed by atoms with E-state index in [4.69, 9.17) is 11.5 Å². The number of nitrogens with two attached hydrogens (primary N) is 2. The van der Waals surface area contributed by atoms with E-state index >= 15 is 0 Å². The van der Waals surface area contributed by atoms with E-state index < -0.39 is 12.1 Å². The van der Waals surface area contributed by atoms with Crippen molar-refractivity contribution in [3.05, 3.63) is 36.2 Å². The number of nitrogen functional groups attached to an aromatic ring is 2. The van der Waals surface area contributed by atoms with Crippen molar-refractivity contribution in [3.63, 3.8) is 0 Å². The highest BCUT2D eigenvalue weighted by atomic mass is 19.1. The summed E-state index contributed by atoms with van der Waals surface area (Å²) in [4.78, 5) is 24.6. The fraction of sp³-hybridized carbons (Fsp3) is 0.222. The van der Waals surface area contributed by atoms with Gasteiger partial charge in [0.2, 0.25) is 5.91 Å². The summed E-state index contributed by atoms with van der Waals surface area (Å²) < 4.78 is 13.0. The fourth-order valence-electron chi connectivity index (χ4n) is 2.88. The Hall–Kier alpha value is -3.29. The van der Waals surface area contributed by atoms with Crippen molar-refractivity contribution < 1.29 is 9.18 Å². The maximum Gasteiger partial charge on any atom is 0.231 e. The second kappa shape index (κ2) is 5.91. The molecule has 1 aliphatic carbocycles. The Morgan fingerprint density at radius 2 is 2.00 bits per heavy atom. The van der Waals surface area contributed by atoms with Crippen LogP contribution in [0.2, 0.25) is 0 Å². The zero-order valence-electron chi connectivity index (χ0n) is 14.0. The number of halogens is 1. The molecule has 3 aromatic rings. The maximum atomic E-state index is 13.0. The molecule has 0 aliphatic heterocycles. The van der Waals surface area contributed by atoms with Crippen molar-refractivity contribution in [1.29, 1.82) is 0 Å². The van der Waals surface area contributed by atoms with Crippen molar-refractivity contribution in [3.8, 4) is 11.3 Å². The third kappa shape index (κ3) is 2.90. The van der Waals surface area contributed by atoms with E-state index in [1.165, 1.54) is 0 Å². The minimum absolute atomic E-state index is 0.268. The summed E-state index contributed by atoms with van der Waals surface area (Å²) in [5.41, 5.74) is 14.2. The standard InChI is InChI=1S/C18H17FN6O/c1-8-2-15(20)22-6-11(8)14-3-9-4-16(23-7-12(9)17(21)24-14)25-18(26)10-5-13(10)19/h2-4,6-7,10,13H,5H2,1H3,(H2,20,22)(H2,21,24)(H,23,25,26). The van der Waals surface area contributed by atoms with Crippen molar-refractivity contribution in [1.82, 2.24) is 15.0 Å². The quantitative estimate of drug-likeness (QED) is 0.666. The number of hydrogen-bond acceptors (Lipinski definition) is 6. The van der Waals surface area contributed by atoms with Gasteiger partial charge in [-0.25, -0.2) is 19.3 Å². The molecule has 3 aromatic heterocycles. The van der Waals surface area contributed by atoms with Gasteiger partial charge in [0.05, 0.1) is 11.6 Å². The topological polar surface area (TPSA) is 120 Å². The van der Waals surface area contributed by atoms with E-state index in [-0.39, 0.29) is 12.3 Å². The van der Waals surface area contributed by atoms with E-state index in [0.717, 1.165) is 16.5 Å². The Labute approximate surface area is 148 Å². The Morgan fingerprint density at radius 1 is 1.23 bits per heavy atom. The summed E-state index contributed by atoms with van der Waals surface area (Å²) >= 11 is 0. The Kier molecular flexibility index (Phi) is 3.68. The van der Waals surface area contributed by atoms with Crippen LogP contribution >= 0.6 is 0 Å². The molecule has 3 heterocycles. The van der Waals surface area contributed by atoms with Crippen LogP contribution in [-0.2, 0) is 4.79 Å². The van der Waals surface area contributed by atoms with Gasteiger partial charge in [-0.05, 0) is 42.5 Å². The van der Waals surface area contributed by atoms with Gasteiger partial charge in [0.15, 0.2) is 0 Å². The average Bonchev–Trinajstić information content (AvgIpc) is 3.31. The fourth-order valence-corrected chi connectivity index (χ4v) is 2.88. The van der Waals surface area contributed by atoms with Crippen LogP contribution in [0.5, 0.6) is 0 Å². The van der Waals surface area contributed by atoms with Gasteiger partial charge in [0, 0.05) is 23.3 Å². The van der Waals surface area contributed by atoms with Gasteiger partial charge in [-0.2, -0.15) is 0 Å². The number of pyridine rings is 3. The Bertz CT molecular complexity index is 1040. The van der Waals surface area contributed by atoms with Crippen LogP contribution < -0.4 is 16.8 Å². The highest BCUT2D eigenvalue weighted by Gasteiger charge is 2.43. The van der Waals surface area contributed by atoms with Gasteiger partial charge in [-0.15, -0.1) is 0 Å². The number of anilines is 3. The van der Waals surface area contributed by atoms with Crippen LogP contribution in [0.4, 0.5) is 21.8 Å². The first-order chi connectivity index (χ1) is 12.4. The smallest absolute Gasteiger partial charge is 0.231 e. The van der Waals surface area contributed by atoms with E-state index in [2.05, 4.69) is 20.3 Å². The number of nitrogens with zero attached hydrogens (tertiary/aromatic N) is 3. The summed E-state index contributed by atoms with van der Waals surface area (Å²) in [5, 5.41) is 4.08. The molecule has 0 aromatic carbocycles.